The van der Waals surface area contributed by atoms with Crippen molar-refractivity contribution in [2.24, 2.45) is 0 Å². The first-order valence-electron chi connectivity index (χ1n) is 4.83. The molecule has 1 heterocycles. The predicted octanol–water partition coefficient (Wildman–Crippen LogP) is 2.68. The Labute approximate surface area is 93.6 Å². The normalized spacial score (nSPS) is 12.8. The van der Waals surface area contributed by atoms with Gasteiger partial charge in [-0.05, 0) is 26.8 Å². The molecule has 0 fully saturated rings. The SMILES string of the molecule is C/C=C\C(Nc1ncnc(C)c1O)=C(/C)F. The Morgan fingerprint density at radius 3 is 2.75 bits per heavy atom. The summed E-state index contributed by atoms with van der Waals surface area (Å²) in [4.78, 5) is 7.65. The third kappa shape index (κ3) is 2.79. The molecule has 1 aromatic rings. The molecule has 2 N–H and O–H groups in total. The van der Waals surface area contributed by atoms with Crippen LogP contribution in [0.4, 0.5) is 10.2 Å². The number of nitrogens with one attached hydrogen (secondary N) is 1. The number of aryl methyl sites for hydroxylation is 1. The van der Waals surface area contributed by atoms with Crippen molar-refractivity contribution in [2.75, 3.05) is 5.32 Å². The van der Waals surface area contributed by atoms with Crippen LogP contribution in [-0.2, 0) is 0 Å². The fourth-order valence-corrected chi connectivity index (χ4v) is 1.10. The number of hydrogen-bond acceptors (Lipinski definition) is 4. The van der Waals surface area contributed by atoms with E-state index in [0.717, 1.165) is 0 Å². The third-order valence-electron chi connectivity index (χ3n) is 1.96. The average molecular weight is 223 g/mol. The highest BCUT2D eigenvalue weighted by atomic mass is 19.1. The summed E-state index contributed by atoms with van der Waals surface area (Å²) < 4.78 is 13.1. The highest BCUT2D eigenvalue weighted by Gasteiger charge is 2.08. The molecule has 0 amide bonds. The number of rotatable bonds is 3. The van der Waals surface area contributed by atoms with Crippen LogP contribution in [0.3, 0.4) is 0 Å². The Hall–Kier alpha value is -1.91. The molecule has 1 rings (SSSR count). The van der Waals surface area contributed by atoms with Gasteiger partial charge in [-0.25, -0.2) is 14.4 Å². The minimum atomic E-state index is -0.381. The minimum absolute atomic E-state index is 0.0780. The van der Waals surface area contributed by atoms with Crippen molar-refractivity contribution in [1.29, 1.82) is 0 Å². The quantitative estimate of drug-likeness (QED) is 0.773. The van der Waals surface area contributed by atoms with Crippen molar-refractivity contribution in [1.82, 2.24) is 9.97 Å². The number of anilines is 1. The summed E-state index contributed by atoms with van der Waals surface area (Å²) in [5.41, 5.74) is 0.699. The van der Waals surface area contributed by atoms with Gasteiger partial charge >= 0.3 is 0 Å². The molecule has 4 nitrogen and oxygen atoms in total. The second-order valence-corrected chi connectivity index (χ2v) is 3.23. The van der Waals surface area contributed by atoms with Gasteiger partial charge in [-0.3, -0.25) is 0 Å². The summed E-state index contributed by atoms with van der Waals surface area (Å²) in [5, 5.41) is 12.3. The number of aromatic nitrogens is 2. The molecule has 0 aliphatic carbocycles. The average Bonchev–Trinajstić information content (AvgIpc) is 2.23. The molecule has 1 aromatic heterocycles. The van der Waals surface area contributed by atoms with Crippen molar-refractivity contribution in [3.63, 3.8) is 0 Å². The Balaban J connectivity index is 3.04. The second kappa shape index (κ2) is 5.25. The summed E-state index contributed by atoms with van der Waals surface area (Å²) in [6.07, 6.45) is 4.56. The number of hydrogen-bond donors (Lipinski definition) is 2. The molecule has 0 aromatic carbocycles. The van der Waals surface area contributed by atoms with E-state index >= 15 is 0 Å². The number of nitrogens with zero attached hydrogens (tertiary/aromatic N) is 2. The first kappa shape index (κ1) is 12.2. The molecule has 86 valence electrons. The van der Waals surface area contributed by atoms with Crippen LogP contribution in [0.15, 0.2) is 30.0 Å². The first-order chi connectivity index (χ1) is 7.56. The largest absolute Gasteiger partial charge is 0.503 e. The van der Waals surface area contributed by atoms with Gasteiger partial charge in [-0.2, -0.15) is 0 Å². The van der Waals surface area contributed by atoms with Gasteiger partial charge in [0.15, 0.2) is 11.6 Å². The Bertz CT molecular complexity index is 437. The van der Waals surface area contributed by atoms with Crippen LogP contribution in [0, 0.1) is 6.92 Å². The lowest BCUT2D eigenvalue weighted by Crippen LogP contribution is -2.02. The summed E-state index contributed by atoms with van der Waals surface area (Å²) in [6, 6.07) is 0. The minimum Gasteiger partial charge on any atom is -0.503 e. The molecule has 0 aliphatic rings. The van der Waals surface area contributed by atoms with Crippen LogP contribution in [0.2, 0.25) is 0 Å². The van der Waals surface area contributed by atoms with Crippen molar-refractivity contribution in [3.8, 4) is 5.75 Å². The molecular formula is C11H14FN3O. The van der Waals surface area contributed by atoms with Crippen LogP contribution in [0.5, 0.6) is 5.75 Å². The lowest BCUT2D eigenvalue weighted by atomic mass is 10.3. The zero-order valence-corrected chi connectivity index (χ0v) is 9.45. The van der Waals surface area contributed by atoms with Crippen LogP contribution in [-0.4, -0.2) is 15.1 Å². The van der Waals surface area contributed by atoms with Crippen LogP contribution >= 0.6 is 0 Å². The monoisotopic (exact) mass is 223 g/mol. The third-order valence-corrected chi connectivity index (χ3v) is 1.96. The van der Waals surface area contributed by atoms with Crippen molar-refractivity contribution in [2.45, 2.75) is 20.8 Å². The second-order valence-electron chi connectivity index (χ2n) is 3.23. The molecular weight excluding hydrogens is 209 g/mol. The van der Waals surface area contributed by atoms with E-state index in [1.807, 2.05) is 0 Å². The van der Waals surface area contributed by atoms with E-state index < -0.39 is 0 Å². The van der Waals surface area contributed by atoms with E-state index in [1.54, 1.807) is 26.0 Å². The Kier molecular flexibility index (Phi) is 3.99. The van der Waals surface area contributed by atoms with Gasteiger partial charge in [0.1, 0.15) is 12.2 Å². The van der Waals surface area contributed by atoms with Gasteiger partial charge in [0.2, 0.25) is 0 Å². The van der Waals surface area contributed by atoms with Crippen molar-refractivity contribution < 1.29 is 9.50 Å². The van der Waals surface area contributed by atoms with E-state index in [-0.39, 0.29) is 23.1 Å². The van der Waals surface area contributed by atoms with E-state index in [0.29, 0.717) is 5.69 Å². The van der Waals surface area contributed by atoms with Gasteiger partial charge < -0.3 is 10.4 Å². The van der Waals surface area contributed by atoms with Crippen molar-refractivity contribution in [3.05, 3.63) is 35.7 Å². The lowest BCUT2D eigenvalue weighted by Gasteiger charge is -2.09. The topological polar surface area (TPSA) is 58.0 Å². The molecule has 0 unspecified atom stereocenters. The van der Waals surface area contributed by atoms with Crippen LogP contribution in [0.1, 0.15) is 19.5 Å². The molecule has 0 radical (unpaired) electrons. The molecule has 0 bridgehead atoms. The number of allylic oxidation sites excluding steroid dienone is 3. The Morgan fingerprint density at radius 2 is 2.19 bits per heavy atom. The van der Waals surface area contributed by atoms with Gasteiger partial charge in [0.05, 0.1) is 11.4 Å². The molecule has 16 heavy (non-hydrogen) atoms. The van der Waals surface area contributed by atoms with Crippen molar-refractivity contribution >= 4 is 5.82 Å². The Morgan fingerprint density at radius 1 is 1.50 bits per heavy atom. The zero-order valence-electron chi connectivity index (χ0n) is 9.45. The number of halogens is 1. The highest BCUT2D eigenvalue weighted by molar-refractivity contribution is 5.56. The van der Waals surface area contributed by atoms with E-state index in [9.17, 15) is 9.50 Å². The van der Waals surface area contributed by atoms with Crippen LogP contribution < -0.4 is 5.32 Å². The van der Waals surface area contributed by atoms with Gasteiger partial charge in [0, 0.05) is 0 Å². The smallest absolute Gasteiger partial charge is 0.180 e. The summed E-state index contributed by atoms with van der Waals surface area (Å²) in [6.45, 7) is 4.74. The van der Waals surface area contributed by atoms with E-state index in [1.165, 1.54) is 13.3 Å². The van der Waals surface area contributed by atoms with Gasteiger partial charge in [0.25, 0.3) is 0 Å². The fraction of sp³-hybridized carbons (Fsp3) is 0.273. The molecule has 0 atom stereocenters. The zero-order chi connectivity index (χ0) is 12.1. The summed E-state index contributed by atoms with van der Waals surface area (Å²) in [7, 11) is 0. The maximum absolute atomic E-state index is 13.1. The lowest BCUT2D eigenvalue weighted by molar-refractivity contribution is 0.467. The molecule has 0 saturated carbocycles. The van der Waals surface area contributed by atoms with Gasteiger partial charge in [-0.1, -0.05) is 6.08 Å². The van der Waals surface area contributed by atoms with Gasteiger partial charge in [-0.15, -0.1) is 0 Å². The molecule has 0 spiro atoms. The standard InChI is InChI=1S/C11H14FN3O/c1-4-5-9(7(2)12)15-11-10(16)8(3)13-6-14-11/h4-6,16H,1-3H3,(H,13,14,15)/b5-4-,9-7-. The maximum atomic E-state index is 13.1. The molecule has 0 saturated heterocycles. The number of aromatic hydroxyl groups is 1. The maximum Gasteiger partial charge on any atom is 0.180 e. The summed E-state index contributed by atoms with van der Waals surface area (Å²) in [5.74, 6) is -0.267. The molecule has 5 heteroatoms. The highest BCUT2D eigenvalue weighted by Crippen LogP contribution is 2.24. The fourth-order valence-electron chi connectivity index (χ4n) is 1.10. The summed E-state index contributed by atoms with van der Waals surface area (Å²) >= 11 is 0. The predicted molar refractivity (Wildman–Crippen MR) is 60.7 cm³/mol. The van der Waals surface area contributed by atoms with E-state index in [2.05, 4.69) is 15.3 Å². The van der Waals surface area contributed by atoms with E-state index in [4.69, 9.17) is 0 Å². The van der Waals surface area contributed by atoms with Crippen LogP contribution in [0.25, 0.3) is 0 Å². The molecule has 0 aliphatic heterocycles. The first-order valence-corrected chi connectivity index (χ1v) is 4.83.